The Bertz CT molecular complexity index is 425. The second-order valence-corrected chi connectivity index (χ2v) is 5.19. The van der Waals surface area contributed by atoms with Crippen LogP contribution < -0.4 is 11.5 Å². The number of hydrogen-bond acceptors (Lipinski definition) is 4. The summed E-state index contributed by atoms with van der Waals surface area (Å²) in [6.07, 6.45) is 4.28. The van der Waals surface area contributed by atoms with Crippen molar-refractivity contribution in [1.29, 1.82) is 0 Å². The highest BCUT2D eigenvalue weighted by Crippen LogP contribution is 2.26. The van der Waals surface area contributed by atoms with Crippen LogP contribution in [0.2, 0.25) is 0 Å². The van der Waals surface area contributed by atoms with Crippen molar-refractivity contribution < 1.29 is 9.53 Å². The molecule has 4 nitrogen and oxygen atoms in total. The Kier molecular flexibility index (Phi) is 3.75. The molecule has 98 valence electrons. The fraction of sp³-hybridized carbons (Fsp3) is 0.500. The van der Waals surface area contributed by atoms with Crippen LogP contribution in [0.3, 0.4) is 0 Å². The van der Waals surface area contributed by atoms with Crippen LogP contribution in [0, 0.1) is 5.92 Å². The minimum Gasteiger partial charge on any atom is -0.459 e. The summed E-state index contributed by atoms with van der Waals surface area (Å²) >= 11 is 0. The van der Waals surface area contributed by atoms with Crippen LogP contribution in [0.1, 0.15) is 43.0 Å². The van der Waals surface area contributed by atoms with E-state index in [9.17, 15) is 4.79 Å². The molecule has 2 atom stereocenters. The maximum absolute atomic E-state index is 12.0. The highest BCUT2D eigenvalue weighted by Gasteiger charge is 2.22. The Morgan fingerprint density at radius 3 is 2.50 bits per heavy atom. The number of nitrogen functional groups attached to an aromatic ring is 2. The molecule has 18 heavy (non-hydrogen) atoms. The predicted octanol–water partition coefficient (Wildman–Crippen LogP) is 2.59. The van der Waals surface area contributed by atoms with Gasteiger partial charge in [0, 0.05) is 11.4 Å². The quantitative estimate of drug-likeness (QED) is 0.623. The third-order valence-electron chi connectivity index (χ3n) is 3.38. The molecule has 1 saturated carbocycles. The number of carbonyl (C=O) groups excluding carboxylic acids is 1. The molecule has 0 radical (unpaired) electrons. The standard InChI is InChI=1S/C14H20N2O2/c1-9-3-2-4-13(5-9)18-14(17)10-6-11(15)8-12(16)7-10/h6-9,13H,2-5,15-16H2,1H3. The first-order valence-corrected chi connectivity index (χ1v) is 6.41. The van der Waals surface area contributed by atoms with E-state index in [1.165, 1.54) is 6.42 Å². The van der Waals surface area contributed by atoms with Gasteiger partial charge in [0.05, 0.1) is 5.56 Å². The Labute approximate surface area is 107 Å². The average molecular weight is 248 g/mol. The van der Waals surface area contributed by atoms with E-state index in [0.29, 0.717) is 22.9 Å². The molecule has 1 fully saturated rings. The van der Waals surface area contributed by atoms with E-state index in [1.54, 1.807) is 18.2 Å². The Balaban J connectivity index is 2.02. The lowest BCUT2D eigenvalue weighted by molar-refractivity contribution is 0.0155. The summed E-state index contributed by atoms with van der Waals surface area (Å²) in [6.45, 7) is 2.19. The summed E-state index contributed by atoms with van der Waals surface area (Å²) in [6, 6.07) is 4.83. The maximum atomic E-state index is 12.0. The number of benzene rings is 1. The zero-order valence-electron chi connectivity index (χ0n) is 10.7. The number of esters is 1. The SMILES string of the molecule is CC1CCCC(OC(=O)c2cc(N)cc(N)c2)C1. The lowest BCUT2D eigenvalue weighted by atomic mass is 9.89. The summed E-state index contributed by atoms with van der Waals surface area (Å²) < 4.78 is 5.51. The highest BCUT2D eigenvalue weighted by atomic mass is 16.5. The van der Waals surface area contributed by atoms with Crippen molar-refractivity contribution in [3.63, 3.8) is 0 Å². The molecule has 0 saturated heterocycles. The van der Waals surface area contributed by atoms with Crippen LogP contribution in [0.4, 0.5) is 11.4 Å². The molecule has 1 aromatic carbocycles. The fourth-order valence-electron chi connectivity index (χ4n) is 2.50. The molecule has 0 bridgehead atoms. The number of nitrogens with two attached hydrogens (primary N) is 2. The second-order valence-electron chi connectivity index (χ2n) is 5.19. The van der Waals surface area contributed by atoms with Crippen molar-refractivity contribution >= 4 is 17.3 Å². The number of rotatable bonds is 2. The molecule has 2 rings (SSSR count). The smallest absolute Gasteiger partial charge is 0.338 e. The van der Waals surface area contributed by atoms with Crippen LogP contribution in [0.15, 0.2) is 18.2 Å². The minimum atomic E-state index is -0.326. The molecule has 0 aromatic heterocycles. The molecule has 0 amide bonds. The molecule has 4 heteroatoms. The van der Waals surface area contributed by atoms with E-state index in [0.717, 1.165) is 19.3 Å². The normalized spacial score (nSPS) is 23.6. The third-order valence-corrected chi connectivity index (χ3v) is 3.38. The van der Waals surface area contributed by atoms with Crippen molar-refractivity contribution in [1.82, 2.24) is 0 Å². The molecule has 0 heterocycles. The fourth-order valence-corrected chi connectivity index (χ4v) is 2.50. The van der Waals surface area contributed by atoms with Gasteiger partial charge >= 0.3 is 5.97 Å². The summed E-state index contributed by atoms with van der Waals surface area (Å²) in [7, 11) is 0. The van der Waals surface area contributed by atoms with Gasteiger partial charge in [-0.3, -0.25) is 0 Å². The largest absolute Gasteiger partial charge is 0.459 e. The number of ether oxygens (including phenoxy) is 1. The van der Waals surface area contributed by atoms with Crippen LogP contribution in [0.5, 0.6) is 0 Å². The Morgan fingerprint density at radius 2 is 1.89 bits per heavy atom. The topological polar surface area (TPSA) is 78.3 Å². The van der Waals surface area contributed by atoms with Gasteiger partial charge in [0.25, 0.3) is 0 Å². The van der Waals surface area contributed by atoms with Crippen molar-refractivity contribution in [2.24, 2.45) is 5.92 Å². The van der Waals surface area contributed by atoms with Gasteiger partial charge in [0.2, 0.25) is 0 Å². The van der Waals surface area contributed by atoms with Crippen molar-refractivity contribution in [3.8, 4) is 0 Å². The van der Waals surface area contributed by atoms with Gasteiger partial charge in [-0.2, -0.15) is 0 Å². The summed E-state index contributed by atoms with van der Waals surface area (Å²) in [5.74, 6) is 0.301. The number of carbonyl (C=O) groups is 1. The van der Waals surface area contributed by atoms with E-state index >= 15 is 0 Å². The van der Waals surface area contributed by atoms with Crippen molar-refractivity contribution in [2.75, 3.05) is 11.5 Å². The van der Waals surface area contributed by atoms with Gasteiger partial charge in [-0.25, -0.2) is 4.79 Å². The highest BCUT2D eigenvalue weighted by molar-refractivity contribution is 5.91. The first-order chi connectivity index (χ1) is 8.54. The first-order valence-electron chi connectivity index (χ1n) is 6.41. The van der Waals surface area contributed by atoms with E-state index in [2.05, 4.69) is 6.92 Å². The van der Waals surface area contributed by atoms with Gasteiger partial charge in [0.15, 0.2) is 0 Å². The minimum absolute atomic E-state index is 0.0314. The van der Waals surface area contributed by atoms with E-state index in [-0.39, 0.29) is 12.1 Å². The summed E-state index contributed by atoms with van der Waals surface area (Å²) in [4.78, 5) is 12.0. The van der Waals surface area contributed by atoms with Gasteiger partial charge < -0.3 is 16.2 Å². The average Bonchev–Trinajstić information content (AvgIpc) is 2.27. The third kappa shape index (κ3) is 3.15. The summed E-state index contributed by atoms with van der Waals surface area (Å²) in [5.41, 5.74) is 12.7. The van der Waals surface area contributed by atoms with Crippen molar-refractivity contribution in [3.05, 3.63) is 23.8 Å². The first kappa shape index (κ1) is 12.7. The Hall–Kier alpha value is -1.71. The van der Waals surface area contributed by atoms with E-state index in [1.807, 2.05) is 0 Å². The van der Waals surface area contributed by atoms with Crippen LogP contribution in [-0.2, 0) is 4.74 Å². The van der Waals surface area contributed by atoms with Gasteiger partial charge in [-0.15, -0.1) is 0 Å². The molecular weight excluding hydrogens is 228 g/mol. The number of hydrogen-bond donors (Lipinski definition) is 2. The van der Waals surface area contributed by atoms with Crippen LogP contribution in [-0.4, -0.2) is 12.1 Å². The Morgan fingerprint density at radius 1 is 1.22 bits per heavy atom. The zero-order valence-corrected chi connectivity index (χ0v) is 10.7. The molecule has 1 aromatic rings. The second kappa shape index (κ2) is 5.29. The van der Waals surface area contributed by atoms with Crippen molar-refractivity contribution in [2.45, 2.75) is 38.7 Å². The molecule has 2 unspecified atom stereocenters. The molecular formula is C14H20N2O2. The van der Waals surface area contributed by atoms with Crippen LogP contribution >= 0.6 is 0 Å². The lowest BCUT2D eigenvalue weighted by Gasteiger charge is -2.26. The lowest BCUT2D eigenvalue weighted by Crippen LogP contribution is -2.24. The number of anilines is 2. The van der Waals surface area contributed by atoms with Crippen LogP contribution in [0.25, 0.3) is 0 Å². The molecule has 4 N–H and O–H groups in total. The molecule has 1 aliphatic carbocycles. The summed E-state index contributed by atoms with van der Waals surface area (Å²) in [5, 5.41) is 0. The molecule has 0 spiro atoms. The molecule has 0 aliphatic heterocycles. The maximum Gasteiger partial charge on any atom is 0.338 e. The van der Waals surface area contributed by atoms with Gasteiger partial charge in [-0.1, -0.05) is 13.3 Å². The monoisotopic (exact) mass is 248 g/mol. The zero-order chi connectivity index (χ0) is 13.1. The molecule has 1 aliphatic rings. The van der Waals surface area contributed by atoms with E-state index < -0.39 is 0 Å². The van der Waals surface area contributed by atoms with Gasteiger partial charge in [0.1, 0.15) is 6.10 Å². The predicted molar refractivity (Wildman–Crippen MR) is 72.1 cm³/mol. The van der Waals surface area contributed by atoms with E-state index in [4.69, 9.17) is 16.2 Å². The van der Waals surface area contributed by atoms with Gasteiger partial charge in [-0.05, 0) is 43.4 Å².